The van der Waals surface area contributed by atoms with Gasteiger partial charge in [-0.25, -0.2) is 8.78 Å². The van der Waals surface area contributed by atoms with Crippen LogP contribution in [0.15, 0.2) is 47.4 Å². The molecule has 2 aromatic rings. The van der Waals surface area contributed by atoms with Crippen molar-refractivity contribution in [3.63, 3.8) is 0 Å². The van der Waals surface area contributed by atoms with Crippen LogP contribution in [0.4, 0.5) is 8.78 Å². The van der Waals surface area contributed by atoms with Gasteiger partial charge in [0, 0.05) is 23.3 Å². The maximum Gasteiger partial charge on any atom is 0.126 e. The number of thioether (sulfide) groups is 1. The second kappa shape index (κ2) is 5.98. The Labute approximate surface area is 109 Å². The Kier molecular flexibility index (Phi) is 4.33. The molecule has 2 aromatic carbocycles. The first kappa shape index (κ1) is 13.1. The highest BCUT2D eigenvalue weighted by Crippen LogP contribution is 2.23. The van der Waals surface area contributed by atoms with Crippen LogP contribution in [0.5, 0.6) is 0 Å². The predicted octanol–water partition coefficient (Wildman–Crippen LogP) is 3.72. The van der Waals surface area contributed by atoms with Crippen LogP contribution < -0.4 is 5.73 Å². The minimum atomic E-state index is -0.538. The lowest BCUT2D eigenvalue weighted by Crippen LogP contribution is -1.95. The molecule has 0 spiro atoms. The molecule has 94 valence electrons. The van der Waals surface area contributed by atoms with Gasteiger partial charge in [0.2, 0.25) is 0 Å². The molecule has 0 saturated heterocycles. The van der Waals surface area contributed by atoms with Crippen LogP contribution in [0.2, 0.25) is 0 Å². The van der Waals surface area contributed by atoms with Crippen LogP contribution in [0, 0.1) is 11.6 Å². The van der Waals surface area contributed by atoms with E-state index < -0.39 is 11.6 Å². The van der Waals surface area contributed by atoms with Gasteiger partial charge in [-0.3, -0.25) is 0 Å². The van der Waals surface area contributed by atoms with Crippen molar-refractivity contribution in [1.82, 2.24) is 0 Å². The number of halogens is 2. The monoisotopic (exact) mass is 265 g/mol. The van der Waals surface area contributed by atoms with Crippen molar-refractivity contribution in [2.75, 3.05) is 0 Å². The van der Waals surface area contributed by atoms with Crippen molar-refractivity contribution in [3.05, 3.63) is 65.2 Å². The molecule has 0 saturated carbocycles. The normalized spacial score (nSPS) is 10.6. The van der Waals surface area contributed by atoms with Crippen molar-refractivity contribution in [1.29, 1.82) is 0 Å². The second-order valence-corrected chi connectivity index (χ2v) is 4.96. The summed E-state index contributed by atoms with van der Waals surface area (Å²) < 4.78 is 26.0. The summed E-state index contributed by atoms with van der Waals surface area (Å²) in [4.78, 5) is 1.05. The third-order valence-corrected chi connectivity index (χ3v) is 3.57. The molecule has 18 heavy (non-hydrogen) atoms. The second-order valence-electron chi connectivity index (χ2n) is 3.91. The predicted molar refractivity (Wildman–Crippen MR) is 70.3 cm³/mol. The zero-order chi connectivity index (χ0) is 13.0. The van der Waals surface area contributed by atoms with Crippen molar-refractivity contribution in [3.8, 4) is 0 Å². The number of hydrogen-bond donors (Lipinski definition) is 1. The lowest BCUT2D eigenvalue weighted by Gasteiger charge is -2.04. The average Bonchev–Trinajstić information content (AvgIpc) is 2.36. The zero-order valence-corrected chi connectivity index (χ0v) is 10.5. The molecule has 2 rings (SSSR count). The quantitative estimate of drug-likeness (QED) is 0.853. The van der Waals surface area contributed by atoms with E-state index in [-0.39, 0.29) is 0 Å². The van der Waals surface area contributed by atoms with Gasteiger partial charge in [-0.05, 0) is 35.4 Å². The molecule has 0 amide bonds. The van der Waals surface area contributed by atoms with E-state index >= 15 is 0 Å². The molecule has 0 fully saturated rings. The van der Waals surface area contributed by atoms with Gasteiger partial charge in [-0.1, -0.05) is 12.1 Å². The highest BCUT2D eigenvalue weighted by molar-refractivity contribution is 7.98. The first-order chi connectivity index (χ1) is 8.67. The molecule has 0 aliphatic rings. The lowest BCUT2D eigenvalue weighted by atomic mass is 10.2. The SMILES string of the molecule is NCc1ccc(SCc2cc(F)cc(F)c2)cc1. The van der Waals surface area contributed by atoms with E-state index in [0.717, 1.165) is 16.5 Å². The van der Waals surface area contributed by atoms with Crippen LogP contribution in [-0.2, 0) is 12.3 Å². The molecule has 0 aromatic heterocycles. The fraction of sp³-hybridized carbons (Fsp3) is 0.143. The molecular weight excluding hydrogens is 252 g/mol. The summed E-state index contributed by atoms with van der Waals surface area (Å²) >= 11 is 1.54. The van der Waals surface area contributed by atoms with Crippen molar-refractivity contribution in [2.24, 2.45) is 5.73 Å². The molecular formula is C14H13F2NS. The van der Waals surface area contributed by atoms with Crippen LogP contribution in [0.1, 0.15) is 11.1 Å². The largest absolute Gasteiger partial charge is 0.326 e. The number of benzene rings is 2. The Morgan fingerprint density at radius 3 is 2.06 bits per heavy atom. The fourth-order valence-electron chi connectivity index (χ4n) is 1.58. The minimum Gasteiger partial charge on any atom is -0.326 e. The maximum atomic E-state index is 13.0. The van der Waals surface area contributed by atoms with E-state index in [2.05, 4.69) is 0 Å². The van der Waals surface area contributed by atoms with Gasteiger partial charge in [0.1, 0.15) is 11.6 Å². The van der Waals surface area contributed by atoms with E-state index in [9.17, 15) is 8.78 Å². The van der Waals surface area contributed by atoms with Crippen molar-refractivity contribution in [2.45, 2.75) is 17.2 Å². The first-order valence-corrected chi connectivity index (χ1v) is 6.53. The molecule has 0 aliphatic carbocycles. The van der Waals surface area contributed by atoms with Crippen LogP contribution in [0.25, 0.3) is 0 Å². The fourth-order valence-corrected chi connectivity index (χ4v) is 2.41. The van der Waals surface area contributed by atoms with Gasteiger partial charge in [-0.2, -0.15) is 0 Å². The molecule has 0 aliphatic heterocycles. The Hall–Kier alpha value is -1.39. The summed E-state index contributed by atoms with van der Waals surface area (Å²) in [5.41, 5.74) is 7.21. The standard InChI is InChI=1S/C14H13F2NS/c15-12-5-11(6-13(16)7-12)9-18-14-3-1-10(8-17)2-4-14/h1-7H,8-9,17H2. The molecule has 0 radical (unpaired) electrons. The zero-order valence-electron chi connectivity index (χ0n) is 9.70. The van der Waals surface area contributed by atoms with E-state index in [4.69, 9.17) is 5.73 Å². The molecule has 2 N–H and O–H groups in total. The van der Waals surface area contributed by atoms with Crippen molar-refractivity contribution < 1.29 is 8.78 Å². The van der Waals surface area contributed by atoms with Gasteiger partial charge in [0.05, 0.1) is 0 Å². The summed E-state index contributed by atoms with van der Waals surface area (Å²) in [6.07, 6.45) is 0. The first-order valence-electron chi connectivity index (χ1n) is 5.54. The molecule has 0 unspecified atom stereocenters. The highest BCUT2D eigenvalue weighted by atomic mass is 32.2. The highest BCUT2D eigenvalue weighted by Gasteiger charge is 2.02. The summed E-state index contributed by atoms with van der Waals surface area (Å²) in [5, 5.41) is 0. The van der Waals surface area contributed by atoms with E-state index in [1.54, 1.807) is 0 Å². The number of nitrogens with two attached hydrogens (primary N) is 1. The van der Waals surface area contributed by atoms with Crippen LogP contribution in [0.3, 0.4) is 0 Å². The minimum absolute atomic E-state index is 0.514. The third kappa shape index (κ3) is 3.55. The Balaban J connectivity index is 2.01. The van der Waals surface area contributed by atoms with Gasteiger partial charge in [0.25, 0.3) is 0 Å². The van der Waals surface area contributed by atoms with Gasteiger partial charge < -0.3 is 5.73 Å². The molecule has 0 atom stereocenters. The van der Waals surface area contributed by atoms with Gasteiger partial charge in [0.15, 0.2) is 0 Å². The molecule has 4 heteroatoms. The molecule has 1 nitrogen and oxygen atoms in total. The number of hydrogen-bond acceptors (Lipinski definition) is 2. The van der Waals surface area contributed by atoms with E-state index in [1.165, 1.54) is 23.9 Å². The van der Waals surface area contributed by atoms with Crippen LogP contribution in [-0.4, -0.2) is 0 Å². The maximum absolute atomic E-state index is 13.0. The topological polar surface area (TPSA) is 26.0 Å². The average molecular weight is 265 g/mol. The molecule has 0 bridgehead atoms. The summed E-state index contributed by atoms with van der Waals surface area (Å²) in [6, 6.07) is 11.4. The van der Waals surface area contributed by atoms with Gasteiger partial charge in [-0.15, -0.1) is 11.8 Å². The Bertz CT molecular complexity index is 506. The van der Waals surface area contributed by atoms with E-state index in [0.29, 0.717) is 17.9 Å². The summed E-state index contributed by atoms with van der Waals surface area (Å²) in [7, 11) is 0. The van der Waals surface area contributed by atoms with Crippen molar-refractivity contribution >= 4 is 11.8 Å². The molecule has 0 heterocycles. The smallest absolute Gasteiger partial charge is 0.126 e. The van der Waals surface area contributed by atoms with Gasteiger partial charge >= 0.3 is 0 Å². The Morgan fingerprint density at radius 1 is 0.889 bits per heavy atom. The summed E-state index contributed by atoms with van der Waals surface area (Å²) in [5.74, 6) is -0.537. The summed E-state index contributed by atoms with van der Waals surface area (Å²) in [6.45, 7) is 0.514. The lowest BCUT2D eigenvalue weighted by molar-refractivity contribution is 0.581. The Morgan fingerprint density at radius 2 is 1.50 bits per heavy atom. The van der Waals surface area contributed by atoms with E-state index in [1.807, 2.05) is 24.3 Å². The third-order valence-electron chi connectivity index (χ3n) is 2.49. The number of rotatable bonds is 4. The van der Waals surface area contributed by atoms with Crippen LogP contribution >= 0.6 is 11.8 Å².